The van der Waals surface area contributed by atoms with Crippen LogP contribution in [0.1, 0.15) is 18.9 Å². The van der Waals surface area contributed by atoms with Crippen molar-refractivity contribution in [1.82, 2.24) is 5.32 Å². The first kappa shape index (κ1) is 19.4. The molecule has 0 bridgehead atoms. The summed E-state index contributed by atoms with van der Waals surface area (Å²) in [7, 11) is 0. The van der Waals surface area contributed by atoms with Crippen molar-refractivity contribution in [2.45, 2.75) is 25.9 Å². The molecular weight excluding hydrogens is 337 g/mol. The number of carbonyl (C=O) groups excluding carboxylic acids is 1. The number of para-hydroxylation sites is 1. The SMILES string of the molecule is CCC(Oc1ccccc1F)C(=O)NCC(Cc1ccccc1)C(=O)O. The summed E-state index contributed by atoms with van der Waals surface area (Å²) in [5.74, 6) is -2.76. The van der Waals surface area contributed by atoms with Crippen molar-refractivity contribution < 1.29 is 23.8 Å². The number of amides is 1. The molecule has 0 spiro atoms. The van der Waals surface area contributed by atoms with E-state index in [-0.39, 0.29) is 12.3 Å². The Balaban J connectivity index is 1.95. The number of carboxylic acid groups (broad SMARTS) is 1. The number of nitrogens with one attached hydrogen (secondary N) is 1. The van der Waals surface area contributed by atoms with Crippen LogP contribution in [0.15, 0.2) is 54.6 Å². The van der Waals surface area contributed by atoms with Crippen molar-refractivity contribution in [3.8, 4) is 5.75 Å². The van der Waals surface area contributed by atoms with Gasteiger partial charge < -0.3 is 15.2 Å². The van der Waals surface area contributed by atoms with Crippen molar-refractivity contribution in [3.05, 3.63) is 66.0 Å². The van der Waals surface area contributed by atoms with Gasteiger partial charge in [0, 0.05) is 6.54 Å². The normalized spacial score (nSPS) is 12.8. The number of halogens is 1. The Labute approximate surface area is 151 Å². The van der Waals surface area contributed by atoms with Crippen molar-refractivity contribution in [3.63, 3.8) is 0 Å². The maximum absolute atomic E-state index is 13.7. The molecule has 0 heterocycles. The van der Waals surface area contributed by atoms with Crippen LogP contribution in [0.25, 0.3) is 0 Å². The van der Waals surface area contributed by atoms with Gasteiger partial charge in [-0.15, -0.1) is 0 Å². The molecule has 6 heteroatoms. The zero-order valence-corrected chi connectivity index (χ0v) is 14.5. The van der Waals surface area contributed by atoms with Gasteiger partial charge in [-0.3, -0.25) is 9.59 Å². The second kappa shape index (κ2) is 9.56. The fraction of sp³-hybridized carbons (Fsp3) is 0.300. The van der Waals surface area contributed by atoms with E-state index in [9.17, 15) is 19.1 Å². The van der Waals surface area contributed by atoms with Crippen molar-refractivity contribution in [2.24, 2.45) is 5.92 Å². The molecule has 0 radical (unpaired) electrons. The quantitative estimate of drug-likeness (QED) is 0.722. The van der Waals surface area contributed by atoms with E-state index in [0.717, 1.165) is 5.56 Å². The molecule has 0 aliphatic carbocycles. The lowest BCUT2D eigenvalue weighted by Gasteiger charge is -2.19. The van der Waals surface area contributed by atoms with Gasteiger partial charge in [-0.2, -0.15) is 0 Å². The number of ether oxygens (including phenoxy) is 1. The van der Waals surface area contributed by atoms with Crippen LogP contribution in [0.5, 0.6) is 5.75 Å². The van der Waals surface area contributed by atoms with E-state index in [2.05, 4.69) is 5.32 Å². The standard InChI is InChI=1S/C20H22FNO4/c1-2-17(26-18-11-7-6-10-16(18)21)19(23)22-13-15(20(24)25)12-14-8-4-3-5-9-14/h3-11,15,17H,2,12-13H2,1H3,(H,22,23)(H,24,25). The summed E-state index contributed by atoms with van der Waals surface area (Å²) >= 11 is 0. The Morgan fingerprint density at radius 3 is 2.38 bits per heavy atom. The first-order valence-electron chi connectivity index (χ1n) is 8.47. The van der Waals surface area contributed by atoms with E-state index < -0.39 is 29.7 Å². The largest absolute Gasteiger partial charge is 0.481 e. The summed E-state index contributed by atoms with van der Waals surface area (Å²) < 4.78 is 19.1. The summed E-state index contributed by atoms with van der Waals surface area (Å²) in [6, 6.07) is 15.0. The summed E-state index contributed by atoms with van der Waals surface area (Å²) in [6.07, 6.45) is -0.254. The number of rotatable bonds is 9. The molecule has 2 rings (SSSR count). The Morgan fingerprint density at radius 2 is 1.77 bits per heavy atom. The second-order valence-electron chi connectivity index (χ2n) is 5.92. The fourth-order valence-corrected chi connectivity index (χ4v) is 2.50. The summed E-state index contributed by atoms with van der Waals surface area (Å²) in [5.41, 5.74) is 0.879. The molecule has 0 aliphatic rings. The van der Waals surface area contributed by atoms with Crippen molar-refractivity contribution in [2.75, 3.05) is 6.54 Å². The predicted octanol–water partition coefficient (Wildman–Crippen LogP) is 3.04. The zero-order valence-electron chi connectivity index (χ0n) is 14.5. The molecule has 2 atom stereocenters. The van der Waals surface area contributed by atoms with Gasteiger partial charge in [-0.25, -0.2) is 4.39 Å². The molecule has 2 aromatic rings. The van der Waals surface area contributed by atoms with E-state index in [1.807, 2.05) is 30.3 Å². The smallest absolute Gasteiger partial charge is 0.308 e. The molecule has 0 aliphatic heterocycles. The highest BCUT2D eigenvalue weighted by molar-refractivity contribution is 5.81. The van der Waals surface area contributed by atoms with Gasteiger partial charge in [0.2, 0.25) is 0 Å². The van der Waals surface area contributed by atoms with Crippen LogP contribution in [0.4, 0.5) is 4.39 Å². The topological polar surface area (TPSA) is 75.6 Å². The average Bonchev–Trinajstić information content (AvgIpc) is 2.64. The maximum atomic E-state index is 13.7. The summed E-state index contributed by atoms with van der Waals surface area (Å²) in [5, 5.41) is 12.0. The van der Waals surface area contributed by atoms with E-state index >= 15 is 0 Å². The molecule has 0 aromatic heterocycles. The van der Waals surface area contributed by atoms with Gasteiger partial charge in [0.15, 0.2) is 17.7 Å². The first-order valence-corrected chi connectivity index (χ1v) is 8.47. The van der Waals surface area contributed by atoms with E-state index in [0.29, 0.717) is 12.8 Å². The van der Waals surface area contributed by atoms with Gasteiger partial charge >= 0.3 is 5.97 Å². The molecule has 1 amide bonds. The third kappa shape index (κ3) is 5.58. The molecule has 26 heavy (non-hydrogen) atoms. The number of benzene rings is 2. The lowest BCUT2D eigenvalue weighted by molar-refractivity contribution is -0.141. The van der Waals surface area contributed by atoms with Crippen molar-refractivity contribution in [1.29, 1.82) is 0 Å². The van der Waals surface area contributed by atoms with Gasteiger partial charge in [-0.05, 0) is 30.5 Å². The monoisotopic (exact) mass is 359 g/mol. The van der Waals surface area contributed by atoms with Gasteiger partial charge in [0.1, 0.15) is 0 Å². The van der Waals surface area contributed by atoms with Crippen LogP contribution in [-0.2, 0) is 16.0 Å². The molecule has 2 unspecified atom stereocenters. The average molecular weight is 359 g/mol. The van der Waals surface area contributed by atoms with Crippen LogP contribution in [-0.4, -0.2) is 29.6 Å². The lowest BCUT2D eigenvalue weighted by Crippen LogP contribution is -2.42. The van der Waals surface area contributed by atoms with Crippen LogP contribution in [0.2, 0.25) is 0 Å². The number of aliphatic carboxylic acids is 1. The predicted molar refractivity (Wildman–Crippen MR) is 95.4 cm³/mol. The van der Waals surface area contributed by atoms with Crippen molar-refractivity contribution >= 4 is 11.9 Å². The maximum Gasteiger partial charge on any atom is 0.308 e. The molecule has 0 saturated heterocycles. The second-order valence-corrected chi connectivity index (χ2v) is 5.92. The highest BCUT2D eigenvalue weighted by Gasteiger charge is 2.23. The molecule has 2 N–H and O–H groups in total. The fourth-order valence-electron chi connectivity index (χ4n) is 2.50. The highest BCUT2D eigenvalue weighted by atomic mass is 19.1. The van der Waals surface area contributed by atoms with E-state index in [1.54, 1.807) is 13.0 Å². The minimum Gasteiger partial charge on any atom is -0.481 e. The molecule has 0 saturated carbocycles. The zero-order chi connectivity index (χ0) is 18.9. The number of carbonyl (C=O) groups is 2. The van der Waals surface area contributed by atoms with Gasteiger partial charge in [0.05, 0.1) is 5.92 Å². The number of hydrogen-bond acceptors (Lipinski definition) is 3. The minimum atomic E-state index is -0.989. The lowest BCUT2D eigenvalue weighted by atomic mass is 9.99. The number of hydrogen-bond donors (Lipinski definition) is 2. The van der Waals surface area contributed by atoms with Crippen LogP contribution in [0, 0.1) is 11.7 Å². The number of carboxylic acids is 1. The highest BCUT2D eigenvalue weighted by Crippen LogP contribution is 2.18. The summed E-state index contributed by atoms with van der Waals surface area (Å²) in [4.78, 5) is 23.8. The van der Waals surface area contributed by atoms with Crippen LogP contribution < -0.4 is 10.1 Å². The van der Waals surface area contributed by atoms with E-state index in [4.69, 9.17) is 4.74 Å². The molecular formula is C20H22FNO4. The Bertz CT molecular complexity index is 736. The molecule has 5 nitrogen and oxygen atoms in total. The molecule has 138 valence electrons. The Hall–Kier alpha value is -2.89. The van der Waals surface area contributed by atoms with E-state index in [1.165, 1.54) is 18.2 Å². The summed E-state index contributed by atoms with van der Waals surface area (Å²) in [6.45, 7) is 1.71. The Kier molecular flexibility index (Phi) is 7.14. The molecule has 0 fully saturated rings. The van der Waals surface area contributed by atoms with Crippen LogP contribution >= 0.6 is 0 Å². The van der Waals surface area contributed by atoms with Gasteiger partial charge in [-0.1, -0.05) is 49.4 Å². The molecule has 2 aromatic carbocycles. The third-order valence-corrected chi connectivity index (χ3v) is 3.97. The van der Waals surface area contributed by atoms with Gasteiger partial charge in [0.25, 0.3) is 5.91 Å². The first-order chi connectivity index (χ1) is 12.5. The van der Waals surface area contributed by atoms with Crippen LogP contribution in [0.3, 0.4) is 0 Å². The minimum absolute atomic E-state index is 0.00595. The Morgan fingerprint density at radius 1 is 1.12 bits per heavy atom. The third-order valence-electron chi connectivity index (χ3n) is 3.97.